The number of carbonyl (C=O) groups excluding carboxylic acids is 1. The summed E-state index contributed by atoms with van der Waals surface area (Å²) in [5.74, 6) is 0.656. The number of furan rings is 1. The lowest BCUT2D eigenvalue weighted by Crippen LogP contribution is -2.16. The molecule has 4 rings (SSSR count). The molecule has 0 spiro atoms. The maximum atomic E-state index is 12.4. The molecule has 0 bridgehead atoms. The summed E-state index contributed by atoms with van der Waals surface area (Å²) in [5.41, 5.74) is 3.30. The van der Waals surface area contributed by atoms with Gasteiger partial charge in [-0.05, 0) is 62.7 Å². The van der Waals surface area contributed by atoms with E-state index in [2.05, 4.69) is 14.5 Å². The molecule has 7 nitrogen and oxygen atoms in total. The van der Waals surface area contributed by atoms with Gasteiger partial charge < -0.3 is 18.7 Å². The zero-order valence-corrected chi connectivity index (χ0v) is 17.6. The van der Waals surface area contributed by atoms with Crippen molar-refractivity contribution >= 4 is 22.9 Å². The fourth-order valence-corrected chi connectivity index (χ4v) is 3.52. The van der Waals surface area contributed by atoms with E-state index in [0.717, 1.165) is 22.7 Å². The van der Waals surface area contributed by atoms with Crippen LogP contribution >= 0.6 is 0 Å². The highest BCUT2D eigenvalue weighted by Gasteiger charge is 2.15. The van der Waals surface area contributed by atoms with Crippen LogP contribution in [0.5, 0.6) is 0 Å². The standard InChI is InChI=1S/C24H23N3O4/c1-15-13-18(16(2)27(15)14-19-7-6-12-30-19)10-11-22(28)31-17(3)23-25-21-9-5-4-8-20(21)24(29)26-23/h4-13,17H,14H2,1-3H3,(H,25,26,29)/b11-10+/t17-/m0/s1. The number of benzene rings is 1. The van der Waals surface area contributed by atoms with E-state index in [1.165, 1.54) is 6.08 Å². The first kappa shape index (κ1) is 20.4. The fourth-order valence-electron chi connectivity index (χ4n) is 3.52. The number of para-hydroxylation sites is 1. The number of aromatic amines is 1. The number of nitrogens with one attached hydrogen (secondary N) is 1. The molecule has 0 saturated carbocycles. The zero-order valence-electron chi connectivity index (χ0n) is 17.6. The van der Waals surface area contributed by atoms with Crippen molar-refractivity contribution in [3.63, 3.8) is 0 Å². The third-order valence-corrected chi connectivity index (χ3v) is 5.21. The maximum Gasteiger partial charge on any atom is 0.331 e. The van der Waals surface area contributed by atoms with Gasteiger partial charge in [-0.3, -0.25) is 4.79 Å². The maximum absolute atomic E-state index is 12.4. The van der Waals surface area contributed by atoms with Gasteiger partial charge in [-0.15, -0.1) is 0 Å². The van der Waals surface area contributed by atoms with Crippen LogP contribution in [0.4, 0.5) is 0 Å². The number of H-pyrrole nitrogens is 1. The summed E-state index contributed by atoms with van der Waals surface area (Å²) in [6.07, 6.45) is 4.07. The molecule has 4 aromatic rings. The van der Waals surface area contributed by atoms with E-state index in [0.29, 0.717) is 23.3 Å². The number of carbonyl (C=O) groups is 1. The second kappa shape index (κ2) is 8.47. The molecule has 1 N–H and O–H groups in total. The summed E-state index contributed by atoms with van der Waals surface area (Å²) in [7, 11) is 0. The Bertz CT molecular complexity index is 1310. The number of ether oxygens (including phenoxy) is 1. The normalized spacial score (nSPS) is 12.5. The minimum absolute atomic E-state index is 0.261. The fraction of sp³-hybridized carbons (Fsp3) is 0.208. The number of rotatable bonds is 6. The van der Waals surface area contributed by atoms with Gasteiger partial charge in [0.15, 0.2) is 11.9 Å². The average Bonchev–Trinajstić information content (AvgIpc) is 3.36. The number of nitrogens with zero attached hydrogens (tertiary/aromatic N) is 2. The molecule has 158 valence electrons. The molecular weight excluding hydrogens is 394 g/mol. The van der Waals surface area contributed by atoms with Gasteiger partial charge in [0.05, 0.1) is 23.7 Å². The van der Waals surface area contributed by atoms with Crippen LogP contribution in [0.15, 0.2) is 64.0 Å². The molecule has 1 atom stereocenters. The molecule has 3 aromatic heterocycles. The number of fused-ring (bicyclic) bond motifs is 1. The van der Waals surface area contributed by atoms with Crippen molar-refractivity contribution in [3.8, 4) is 0 Å². The smallest absolute Gasteiger partial charge is 0.331 e. The highest BCUT2D eigenvalue weighted by Crippen LogP contribution is 2.19. The summed E-state index contributed by atoms with van der Waals surface area (Å²) in [6, 6.07) is 12.8. The van der Waals surface area contributed by atoms with Crippen LogP contribution in [0.3, 0.4) is 0 Å². The van der Waals surface area contributed by atoms with E-state index in [1.54, 1.807) is 43.5 Å². The molecule has 31 heavy (non-hydrogen) atoms. The van der Waals surface area contributed by atoms with Crippen LogP contribution in [0.2, 0.25) is 0 Å². The second-order valence-electron chi connectivity index (χ2n) is 7.37. The Balaban J connectivity index is 1.47. The molecule has 7 heteroatoms. The summed E-state index contributed by atoms with van der Waals surface area (Å²) < 4.78 is 13.0. The molecule has 0 aliphatic carbocycles. The number of aromatic nitrogens is 3. The van der Waals surface area contributed by atoms with Gasteiger partial charge in [0, 0.05) is 17.5 Å². The largest absolute Gasteiger partial charge is 0.467 e. The first-order valence-corrected chi connectivity index (χ1v) is 9.99. The molecule has 0 fully saturated rings. The van der Waals surface area contributed by atoms with Gasteiger partial charge in [0.1, 0.15) is 5.76 Å². The highest BCUT2D eigenvalue weighted by molar-refractivity contribution is 5.87. The number of hydrogen-bond acceptors (Lipinski definition) is 5. The monoisotopic (exact) mass is 417 g/mol. The lowest BCUT2D eigenvalue weighted by atomic mass is 10.2. The summed E-state index contributed by atoms with van der Waals surface area (Å²) in [4.78, 5) is 31.7. The minimum Gasteiger partial charge on any atom is -0.467 e. The number of aryl methyl sites for hydroxylation is 1. The predicted molar refractivity (Wildman–Crippen MR) is 118 cm³/mol. The molecular formula is C24H23N3O4. The van der Waals surface area contributed by atoms with Crippen molar-refractivity contribution in [2.24, 2.45) is 0 Å². The molecule has 0 saturated heterocycles. The molecule has 0 radical (unpaired) electrons. The third kappa shape index (κ3) is 4.35. The Morgan fingerprint density at radius 2 is 2.06 bits per heavy atom. The van der Waals surface area contributed by atoms with Crippen molar-refractivity contribution in [1.29, 1.82) is 0 Å². The highest BCUT2D eigenvalue weighted by atomic mass is 16.5. The summed E-state index contributed by atoms with van der Waals surface area (Å²) >= 11 is 0. The topological polar surface area (TPSA) is 90.1 Å². The van der Waals surface area contributed by atoms with Crippen LogP contribution < -0.4 is 5.56 Å². The second-order valence-corrected chi connectivity index (χ2v) is 7.37. The third-order valence-electron chi connectivity index (χ3n) is 5.21. The molecule has 3 heterocycles. The molecule has 1 aromatic carbocycles. The summed E-state index contributed by atoms with van der Waals surface area (Å²) in [5, 5.41) is 0.495. The van der Waals surface area contributed by atoms with Crippen LogP contribution in [-0.2, 0) is 16.1 Å². The first-order valence-electron chi connectivity index (χ1n) is 9.99. The first-order chi connectivity index (χ1) is 14.9. The summed E-state index contributed by atoms with van der Waals surface area (Å²) in [6.45, 7) is 6.30. The Hall–Kier alpha value is -3.87. The van der Waals surface area contributed by atoms with Crippen molar-refractivity contribution in [3.05, 3.63) is 93.7 Å². The van der Waals surface area contributed by atoms with Crippen LogP contribution in [-0.4, -0.2) is 20.5 Å². The van der Waals surface area contributed by atoms with Crippen molar-refractivity contribution in [2.45, 2.75) is 33.4 Å². The van der Waals surface area contributed by atoms with E-state index < -0.39 is 12.1 Å². The van der Waals surface area contributed by atoms with Gasteiger partial charge in [0.2, 0.25) is 0 Å². The minimum atomic E-state index is -0.694. The molecule has 0 amide bonds. The van der Waals surface area contributed by atoms with Gasteiger partial charge >= 0.3 is 5.97 Å². The molecule has 0 aliphatic rings. The molecule has 0 unspecified atom stereocenters. The zero-order chi connectivity index (χ0) is 22.0. The van der Waals surface area contributed by atoms with Crippen LogP contribution in [0.1, 0.15) is 41.6 Å². The molecule has 0 aliphatic heterocycles. The lowest BCUT2D eigenvalue weighted by molar-refractivity contribution is -0.142. The number of hydrogen-bond donors (Lipinski definition) is 1. The quantitative estimate of drug-likeness (QED) is 0.373. The van der Waals surface area contributed by atoms with E-state index in [9.17, 15) is 9.59 Å². The number of esters is 1. The van der Waals surface area contributed by atoms with E-state index >= 15 is 0 Å². The van der Waals surface area contributed by atoms with Crippen LogP contribution in [0, 0.1) is 13.8 Å². The lowest BCUT2D eigenvalue weighted by Gasteiger charge is -2.11. The SMILES string of the molecule is Cc1cc(/C=C/C(=O)O[C@@H](C)c2nc3ccccc3c(=O)[nH]2)c(C)n1Cc1ccco1. The Morgan fingerprint density at radius 1 is 1.26 bits per heavy atom. The Morgan fingerprint density at radius 3 is 2.84 bits per heavy atom. The van der Waals surface area contributed by atoms with Gasteiger partial charge in [-0.25, -0.2) is 9.78 Å². The average molecular weight is 417 g/mol. The Labute approximate surface area is 179 Å². The van der Waals surface area contributed by atoms with E-state index in [1.807, 2.05) is 32.0 Å². The van der Waals surface area contributed by atoms with Gasteiger partial charge in [0.25, 0.3) is 5.56 Å². The van der Waals surface area contributed by atoms with Crippen LogP contribution in [0.25, 0.3) is 17.0 Å². The van der Waals surface area contributed by atoms with Gasteiger partial charge in [-0.2, -0.15) is 0 Å². The van der Waals surface area contributed by atoms with Gasteiger partial charge in [-0.1, -0.05) is 12.1 Å². The van der Waals surface area contributed by atoms with Crippen molar-refractivity contribution < 1.29 is 13.9 Å². The predicted octanol–water partition coefficient (Wildman–Crippen LogP) is 4.30. The van der Waals surface area contributed by atoms with Crippen molar-refractivity contribution in [1.82, 2.24) is 14.5 Å². The Kier molecular flexibility index (Phi) is 5.58. The van der Waals surface area contributed by atoms with Crippen molar-refractivity contribution in [2.75, 3.05) is 0 Å². The van der Waals surface area contributed by atoms with E-state index in [-0.39, 0.29) is 5.56 Å². The van der Waals surface area contributed by atoms with E-state index in [4.69, 9.17) is 9.15 Å².